The Labute approximate surface area is 183 Å². The quantitative estimate of drug-likeness (QED) is 0.667. The van der Waals surface area contributed by atoms with Crippen LogP contribution in [0.1, 0.15) is 25.0 Å². The Morgan fingerprint density at radius 1 is 1.13 bits per heavy atom. The molecule has 1 aliphatic rings. The van der Waals surface area contributed by atoms with E-state index < -0.39 is 22.0 Å². The zero-order valence-electron chi connectivity index (χ0n) is 18.2. The van der Waals surface area contributed by atoms with E-state index in [4.69, 9.17) is 14.2 Å². The maximum atomic E-state index is 12.8. The van der Waals surface area contributed by atoms with Crippen molar-refractivity contribution < 1.29 is 27.4 Å². The van der Waals surface area contributed by atoms with Gasteiger partial charge in [0.1, 0.15) is 5.75 Å². The van der Waals surface area contributed by atoms with Crippen molar-refractivity contribution in [1.29, 1.82) is 0 Å². The number of hydrogen-bond acceptors (Lipinski definition) is 6. The third-order valence-electron chi connectivity index (χ3n) is 4.75. The molecule has 1 amide bonds. The number of nitrogens with zero attached hydrogens (tertiary/aromatic N) is 1. The lowest BCUT2D eigenvalue weighted by molar-refractivity contribution is -0.127. The van der Waals surface area contributed by atoms with Gasteiger partial charge in [-0.3, -0.25) is 9.10 Å². The predicted octanol–water partition coefficient (Wildman–Crippen LogP) is 2.64. The van der Waals surface area contributed by atoms with Crippen LogP contribution < -0.4 is 23.8 Å². The number of sulfonamides is 1. The van der Waals surface area contributed by atoms with Gasteiger partial charge < -0.3 is 19.5 Å². The van der Waals surface area contributed by atoms with Gasteiger partial charge in [0.05, 0.1) is 31.7 Å². The topological polar surface area (TPSA) is 94.2 Å². The van der Waals surface area contributed by atoms with E-state index in [1.165, 1.54) is 4.31 Å². The van der Waals surface area contributed by atoms with Crippen molar-refractivity contribution in [2.75, 3.05) is 30.3 Å². The summed E-state index contributed by atoms with van der Waals surface area (Å²) in [5.41, 5.74) is 2.17. The molecule has 0 spiro atoms. The molecule has 2 aromatic carbocycles. The van der Waals surface area contributed by atoms with E-state index in [0.29, 0.717) is 36.1 Å². The molecule has 9 heteroatoms. The van der Waals surface area contributed by atoms with Crippen molar-refractivity contribution in [2.24, 2.45) is 0 Å². The smallest absolute Gasteiger partial charge is 0.263 e. The summed E-state index contributed by atoms with van der Waals surface area (Å²) in [6.07, 6.45) is 0.160. The average Bonchev–Trinajstić information content (AvgIpc) is 2.72. The largest absolute Gasteiger partial charge is 0.490 e. The molecule has 1 aliphatic heterocycles. The van der Waals surface area contributed by atoms with E-state index in [0.717, 1.165) is 17.4 Å². The number of benzene rings is 2. The van der Waals surface area contributed by atoms with E-state index >= 15 is 0 Å². The molecule has 0 saturated heterocycles. The molecule has 0 radical (unpaired) electrons. The van der Waals surface area contributed by atoms with Gasteiger partial charge in [-0.15, -0.1) is 0 Å². The summed E-state index contributed by atoms with van der Waals surface area (Å²) in [5.74, 6) is 1.22. The average molecular weight is 449 g/mol. The number of nitrogens with one attached hydrogen (secondary N) is 1. The molecule has 1 atom stereocenters. The van der Waals surface area contributed by atoms with Gasteiger partial charge in [0.2, 0.25) is 10.0 Å². The fourth-order valence-corrected chi connectivity index (χ4v) is 4.23. The summed E-state index contributed by atoms with van der Waals surface area (Å²) in [6.45, 7) is 6.82. The van der Waals surface area contributed by atoms with Gasteiger partial charge in [-0.05, 0) is 56.2 Å². The highest BCUT2D eigenvalue weighted by atomic mass is 32.2. The molecule has 0 aromatic heterocycles. The van der Waals surface area contributed by atoms with Crippen LogP contribution in [0.2, 0.25) is 0 Å². The lowest BCUT2D eigenvalue weighted by atomic mass is 10.1. The maximum absolute atomic E-state index is 12.8. The molecule has 0 saturated carbocycles. The Balaban J connectivity index is 1.74. The standard InChI is InChI=1S/C22H28N2O6S/c1-5-28-19-10-8-16(12-20(19)29-6-2)13-23-22(25)21-14-24(31(4,26)27)17-11-15(3)7-9-18(17)30-21/h7-12,21H,5-6,13-14H2,1-4H3,(H,23,25)/t21-/m1/s1. The van der Waals surface area contributed by atoms with Gasteiger partial charge in [-0.25, -0.2) is 8.42 Å². The van der Waals surface area contributed by atoms with Crippen molar-refractivity contribution in [3.05, 3.63) is 47.5 Å². The van der Waals surface area contributed by atoms with E-state index in [1.54, 1.807) is 18.2 Å². The summed E-state index contributed by atoms with van der Waals surface area (Å²) in [6, 6.07) is 10.7. The van der Waals surface area contributed by atoms with Crippen LogP contribution in [0.25, 0.3) is 0 Å². The van der Waals surface area contributed by atoms with Gasteiger partial charge >= 0.3 is 0 Å². The van der Waals surface area contributed by atoms with E-state index in [1.807, 2.05) is 39.0 Å². The molecule has 1 heterocycles. The van der Waals surface area contributed by atoms with Crippen molar-refractivity contribution in [3.63, 3.8) is 0 Å². The molecule has 0 aliphatic carbocycles. The maximum Gasteiger partial charge on any atom is 0.263 e. The second kappa shape index (κ2) is 9.47. The number of anilines is 1. The van der Waals surface area contributed by atoms with Gasteiger partial charge in [0.15, 0.2) is 17.6 Å². The molecule has 8 nitrogen and oxygen atoms in total. The zero-order valence-corrected chi connectivity index (χ0v) is 19.0. The predicted molar refractivity (Wildman–Crippen MR) is 118 cm³/mol. The van der Waals surface area contributed by atoms with Gasteiger partial charge in [0.25, 0.3) is 5.91 Å². The third kappa shape index (κ3) is 5.41. The number of rotatable bonds is 8. The van der Waals surface area contributed by atoms with Gasteiger partial charge in [0, 0.05) is 6.54 Å². The molecule has 0 fully saturated rings. The molecule has 0 unspecified atom stereocenters. The van der Waals surface area contributed by atoms with E-state index in [9.17, 15) is 13.2 Å². The van der Waals surface area contributed by atoms with E-state index in [-0.39, 0.29) is 13.1 Å². The van der Waals surface area contributed by atoms with Gasteiger partial charge in [-0.1, -0.05) is 12.1 Å². The molecule has 1 N–H and O–H groups in total. The van der Waals surface area contributed by atoms with Crippen molar-refractivity contribution in [1.82, 2.24) is 5.32 Å². The Kier molecular flexibility index (Phi) is 6.94. The number of carbonyl (C=O) groups excluding carboxylic acids is 1. The Hall–Kier alpha value is -2.94. The van der Waals surface area contributed by atoms with Crippen LogP contribution in [0.5, 0.6) is 17.2 Å². The van der Waals surface area contributed by atoms with Gasteiger partial charge in [-0.2, -0.15) is 0 Å². The number of fused-ring (bicyclic) bond motifs is 1. The van der Waals surface area contributed by atoms with Crippen LogP contribution in [-0.2, 0) is 21.4 Å². The van der Waals surface area contributed by atoms with Crippen LogP contribution in [0.3, 0.4) is 0 Å². The second-order valence-electron chi connectivity index (χ2n) is 7.24. The number of amides is 1. The van der Waals surface area contributed by atoms with Crippen LogP contribution in [0.15, 0.2) is 36.4 Å². The monoisotopic (exact) mass is 448 g/mol. The second-order valence-corrected chi connectivity index (χ2v) is 9.14. The third-order valence-corrected chi connectivity index (χ3v) is 5.90. The Morgan fingerprint density at radius 2 is 1.84 bits per heavy atom. The number of aryl methyl sites for hydroxylation is 1. The normalized spacial score (nSPS) is 15.6. The molecule has 168 valence electrons. The molecule has 3 rings (SSSR count). The fourth-order valence-electron chi connectivity index (χ4n) is 3.32. The van der Waals surface area contributed by atoms with Crippen molar-refractivity contribution in [2.45, 2.75) is 33.4 Å². The van der Waals surface area contributed by atoms with E-state index in [2.05, 4.69) is 5.32 Å². The highest BCUT2D eigenvalue weighted by Gasteiger charge is 2.35. The first-order chi connectivity index (χ1) is 14.7. The Morgan fingerprint density at radius 3 is 2.52 bits per heavy atom. The summed E-state index contributed by atoms with van der Waals surface area (Å²) in [4.78, 5) is 12.8. The summed E-state index contributed by atoms with van der Waals surface area (Å²) in [7, 11) is -3.57. The number of carbonyl (C=O) groups is 1. The van der Waals surface area contributed by atoms with Crippen LogP contribution in [0.4, 0.5) is 5.69 Å². The highest BCUT2D eigenvalue weighted by molar-refractivity contribution is 7.92. The fraction of sp³-hybridized carbons (Fsp3) is 0.409. The zero-order chi connectivity index (χ0) is 22.6. The molecule has 2 aromatic rings. The SMILES string of the molecule is CCOc1ccc(CNC(=O)[C@H]2CN(S(C)(=O)=O)c3cc(C)ccc3O2)cc1OCC. The van der Waals surface area contributed by atoms with Crippen LogP contribution >= 0.6 is 0 Å². The van der Waals surface area contributed by atoms with Crippen LogP contribution in [0, 0.1) is 6.92 Å². The number of hydrogen-bond donors (Lipinski definition) is 1. The molecular formula is C22H28N2O6S. The minimum absolute atomic E-state index is 0.0887. The minimum Gasteiger partial charge on any atom is -0.490 e. The minimum atomic E-state index is -3.57. The number of ether oxygens (including phenoxy) is 3. The first-order valence-corrected chi connectivity index (χ1v) is 12.0. The van der Waals surface area contributed by atoms with Crippen LogP contribution in [-0.4, -0.2) is 46.4 Å². The summed E-state index contributed by atoms with van der Waals surface area (Å²) in [5, 5.41) is 2.82. The summed E-state index contributed by atoms with van der Waals surface area (Å²) >= 11 is 0. The van der Waals surface area contributed by atoms with Crippen molar-refractivity contribution >= 4 is 21.6 Å². The van der Waals surface area contributed by atoms with Crippen molar-refractivity contribution in [3.8, 4) is 17.2 Å². The first-order valence-electron chi connectivity index (χ1n) is 10.1. The highest BCUT2D eigenvalue weighted by Crippen LogP contribution is 2.36. The lowest BCUT2D eigenvalue weighted by Gasteiger charge is -2.34. The lowest BCUT2D eigenvalue weighted by Crippen LogP contribution is -2.50. The Bertz CT molecular complexity index is 1050. The summed E-state index contributed by atoms with van der Waals surface area (Å²) < 4.78 is 42.8. The first kappa shape index (κ1) is 22.7. The molecular weight excluding hydrogens is 420 g/mol. The molecule has 0 bridgehead atoms. The molecule has 31 heavy (non-hydrogen) atoms.